The molecule has 168 valence electrons. The molecule has 0 aromatic carbocycles. The van der Waals surface area contributed by atoms with Crippen molar-refractivity contribution in [3.8, 4) is 0 Å². The highest BCUT2D eigenvalue weighted by atomic mass is 32.2. The van der Waals surface area contributed by atoms with Crippen molar-refractivity contribution in [3.63, 3.8) is 0 Å². The number of ether oxygens (including phenoxy) is 2. The van der Waals surface area contributed by atoms with E-state index in [1.807, 2.05) is 6.26 Å². The number of nitrogens with one attached hydrogen (secondary N) is 1. The van der Waals surface area contributed by atoms with Gasteiger partial charge < -0.3 is 14.8 Å². The molecule has 0 radical (unpaired) electrons. The molecule has 2 atom stereocenters. The largest absolute Gasteiger partial charge is 0.384 e. The molecular formula is C19H35F2N5O2S. The number of thioether (sulfide) groups is 1. The van der Waals surface area contributed by atoms with Crippen LogP contribution >= 0.6 is 11.8 Å². The molecule has 1 aliphatic rings. The van der Waals surface area contributed by atoms with Crippen LogP contribution in [0.3, 0.4) is 0 Å². The van der Waals surface area contributed by atoms with Crippen molar-refractivity contribution in [1.29, 1.82) is 0 Å². The van der Waals surface area contributed by atoms with Crippen molar-refractivity contribution < 1.29 is 18.3 Å². The van der Waals surface area contributed by atoms with Crippen LogP contribution in [0, 0.1) is 17.3 Å². The van der Waals surface area contributed by atoms with Crippen LogP contribution in [0.2, 0.25) is 0 Å². The average Bonchev–Trinajstić information content (AvgIpc) is 3.17. The Morgan fingerprint density at radius 2 is 2.03 bits per heavy atom. The molecule has 1 aromatic heterocycles. The lowest BCUT2D eigenvalue weighted by molar-refractivity contribution is -0.103. The van der Waals surface area contributed by atoms with Gasteiger partial charge in [-0.15, -0.1) is 5.10 Å². The number of nitrogens with zero attached hydrogens (tertiary/aromatic N) is 4. The Labute approximate surface area is 176 Å². The number of tetrazole rings is 1. The first kappa shape index (κ1) is 24.4. The molecule has 0 aliphatic carbocycles. The van der Waals surface area contributed by atoms with Gasteiger partial charge in [0.25, 0.3) is 0 Å². The summed E-state index contributed by atoms with van der Waals surface area (Å²) in [7, 11) is 1.69. The van der Waals surface area contributed by atoms with Crippen LogP contribution < -0.4 is 5.32 Å². The van der Waals surface area contributed by atoms with Gasteiger partial charge in [0.15, 0.2) is 5.82 Å². The Kier molecular flexibility index (Phi) is 10.2. The van der Waals surface area contributed by atoms with Crippen molar-refractivity contribution in [2.24, 2.45) is 17.3 Å². The molecule has 0 spiro atoms. The molecule has 2 rings (SSSR count). The smallest absolute Gasteiger partial charge is 0.246 e. The SMILES string of the molecule is COCC(CCNC(c1nnnn1CCSC)C1(C(F)F)CCOCC1)C(C)C. The first-order valence-corrected chi connectivity index (χ1v) is 11.7. The van der Waals surface area contributed by atoms with Gasteiger partial charge in [-0.05, 0) is 54.3 Å². The predicted octanol–water partition coefficient (Wildman–Crippen LogP) is 3.04. The number of rotatable bonds is 13. The maximum absolute atomic E-state index is 14.4. The molecule has 1 fully saturated rings. The van der Waals surface area contributed by atoms with Crippen LogP contribution in [0.4, 0.5) is 8.78 Å². The topological polar surface area (TPSA) is 74.1 Å². The van der Waals surface area contributed by atoms with Gasteiger partial charge in [-0.1, -0.05) is 13.8 Å². The lowest BCUT2D eigenvalue weighted by Gasteiger charge is -2.42. The second-order valence-corrected chi connectivity index (χ2v) is 9.02. The summed E-state index contributed by atoms with van der Waals surface area (Å²) in [6.45, 7) is 6.81. The third kappa shape index (κ3) is 6.32. The molecule has 1 saturated heterocycles. The van der Waals surface area contributed by atoms with E-state index in [4.69, 9.17) is 9.47 Å². The van der Waals surface area contributed by atoms with Gasteiger partial charge in [0.2, 0.25) is 6.43 Å². The van der Waals surface area contributed by atoms with E-state index in [0.717, 1.165) is 12.2 Å². The summed E-state index contributed by atoms with van der Waals surface area (Å²) in [5.74, 6) is 2.12. The quantitative estimate of drug-likeness (QED) is 0.510. The average molecular weight is 436 g/mol. The van der Waals surface area contributed by atoms with E-state index in [-0.39, 0.29) is 12.8 Å². The van der Waals surface area contributed by atoms with E-state index in [1.165, 1.54) is 0 Å². The lowest BCUT2D eigenvalue weighted by Crippen LogP contribution is -2.48. The van der Waals surface area contributed by atoms with Crippen LogP contribution in [-0.4, -0.2) is 72.1 Å². The minimum absolute atomic E-state index is 0.281. The lowest BCUT2D eigenvalue weighted by atomic mass is 9.73. The molecule has 1 N–H and O–H groups in total. The van der Waals surface area contributed by atoms with Gasteiger partial charge >= 0.3 is 0 Å². The normalized spacial score (nSPS) is 19.0. The summed E-state index contributed by atoms with van der Waals surface area (Å²) >= 11 is 1.67. The molecule has 1 aliphatic heterocycles. The minimum Gasteiger partial charge on any atom is -0.384 e. The zero-order chi connectivity index (χ0) is 21.3. The first-order valence-electron chi connectivity index (χ1n) is 10.3. The fraction of sp³-hybridized carbons (Fsp3) is 0.947. The second kappa shape index (κ2) is 12.1. The fourth-order valence-corrected chi connectivity index (χ4v) is 4.28. The number of methoxy groups -OCH3 is 1. The van der Waals surface area contributed by atoms with Crippen LogP contribution in [0.5, 0.6) is 0 Å². The summed E-state index contributed by atoms with van der Waals surface area (Å²) in [4.78, 5) is 0. The van der Waals surface area contributed by atoms with Crippen LogP contribution in [0.15, 0.2) is 0 Å². The van der Waals surface area contributed by atoms with Crippen molar-refractivity contribution in [2.45, 2.75) is 52.1 Å². The van der Waals surface area contributed by atoms with Crippen LogP contribution in [0.25, 0.3) is 0 Å². The van der Waals surface area contributed by atoms with Crippen LogP contribution in [0.1, 0.15) is 45.0 Å². The van der Waals surface area contributed by atoms with E-state index in [2.05, 4.69) is 34.7 Å². The summed E-state index contributed by atoms with van der Waals surface area (Å²) in [5, 5.41) is 15.5. The highest BCUT2D eigenvalue weighted by molar-refractivity contribution is 7.98. The third-order valence-electron chi connectivity index (χ3n) is 5.95. The molecule has 0 saturated carbocycles. The van der Waals surface area contributed by atoms with E-state index in [0.29, 0.717) is 50.6 Å². The van der Waals surface area contributed by atoms with Gasteiger partial charge in [0, 0.05) is 32.7 Å². The highest BCUT2D eigenvalue weighted by Gasteiger charge is 2.50. The fourth-order valence-electron chi connectivity index (χ4n) is 3.93. The summed E-state index contributed by atoms with van der Waals surface area (Å²) in [6, 6.07) is -0.626. The van der Waals surface area contributed by atoms with Gasteiger partial charge in [-0.3, -0.25) is 0 Å². The number of alkyl halides is 2. The van der Waals surface area contributed by atoms with Gasteiger partial charge in [-0.25, -0.2) is 13.5 Å². The molecule has 7 nitrogen and oxygen atoms in total. The third-order valence-corrected chi connectivity index (χ3v) is 6.54. The summed E-state index contributed by atoms with van der Waals surface area (Å²) < 4.78 is 41.3. The Morgan fingerprint density at radius 3 is 2.62 bits per heavy atom. The minimum atomic E-state index is -2.49. The summed E-state index contributed by atoms with van der Waals surface area (Å²) in [6.07, 6.45) is 0.909. The number of hydrogen-bond acceptors (Lipinski definition) is 7. The molecule has 0 bridgehead atoms. The van der Waals surface area contributed by atoms with Crippen molar-refractivity contribution >= 4 is 11.8 Å². The van der Waals surface area contributed by atoms with E-state index < -0.39 is 17.9 Å². The zero-order valence-corrected chi connectivity index (χ0v) is 18.8. The number of aromatic nitrogens is 4. The monoisotopic (exact) mass is 435 g/mol. The van der Waals surface area contributed by atoms with Crippen molar-refractivity contribution in [3.05, 3.63) is 5.82 Å². The Morgan fingerprint density at radius 1 is 1.31 bits per heavy atom. The second-order valence-electron chi connectivity index (χ2n) is 8.03. The number of halogens is 2. The molecule has 29 heavy (non-hydrogen) atoms. The summed E-state index contributed by atoms with van der Waals surface area (Å²) in [5.41, 5.74) is -1.24. The van der Waals surface area contributed by atoms with E-state index in [1.54, 1.807) is 23.6 Å². The molecule has 0 amide bonds. The molecule has 2 unspecified atom stereocenters. The Hall–Kier alpha value is -0.840. The zero-order valence-electron chi connectivity index (χ0n) is 17.9. The predicted molar refractivity (Wildman–Crippen MR) is 110 cm³/mol. The molecular weight excluding hydrogens is 400 g/mol. The maximum atomic E-state index is 14.4. The molecule has 1 aromatic rings. The van der Waals surface area contributed by atoms with Gasteiger partial charge in [-0.2, -0.15) is 11.8 Å². The highest BCUT2D eigenvalue weighted by Crippen LogP contribution is 2.46. The standard InChI is InChI=1S/C19H35F2N5O2S/c1-14(2)15(13-27-3)5-8-22-16(17-23-24-25-26(17)9-12-29-4)19(18(20)21)6-10-28-11-7-19/h14-16,18,22H,5-13H2,1-4H3. The molecule has 2 heterocycles. The van der Waals surface area contributed by atoms with Crippen molar-refractivity contribution in [1.82, 2.24) is 25.5 Å². The number of hydrogen-bond donors (Lipinski definition) is 1. The Balaban J connectivity index is 2.25. The number of aryl methyl sites for hydroxylation is 1. The maximum Gasteiger partial charge on any atom is 0.246 e. The van der Waals surface area contributed by atoms with Gasteiger partial charge in [0.1, 0.15) is 0 Å². The van der Waals surface area contributed by atoms with E-state index >= 15 is 0 Å². The van der Waals surface area contributed by atoms with Crippen LogP contribution in [-0.2, 0) is 16.0 Å². The molecule has 10 heteroatoms. The van der Waals surface area contributed by atoms with Crippen molar-refractivity contribution in [2.75, 3.05) is 45.5 Å². The van der Waals surface area contributed by atoms with E-state index in [9.17, 15) is 8.78 Å². The Bertz CT molecular complexity index is 585. The van der Waals surface area contributed by atoms with Gasteiger partial charge in [0.05, 0.1) is 18.0 Å². The first-order chi connectivity index (χ1) is 14.0.